The van der Waals surface area contributed by atoms with Gasteiger partial charge >= 0.3 is 5.97 Å². The maximum absolute atomic E-state index is 13.4. The van der Waals surface area contributed by atoms with Crippen LogP contribution in [0.1, 0.15) is 42.1 Å². The molecule has 7 nitrogen and oxygen atoms in total. The van der Waals surface area contributed by atoms with Crippen molar-refractivity contribution in [3.63, 3.8) is 0 Å². The fourth-order valence-electron chi connectivity index (χ4n) is 4.98. The van der Waals surface area contributed by atoms with Gasteiger partial charge in [-0.05, 0) is 60.9 Å². The number of halogens is 1. The average molecular weight is 586 g/mol. The standard InChI is InChI=1S/C31H28BrN3O4/c1-19-30(31(21-7-4-3-5-8-21)24-17-22(32)13-16-25(24)33-19)26-18-27(20-11-14-23(39-2)15-12-20)35(34-26)28(36)9-6-10-29(37)38/h3-5,7-8,11-18,27,34H,6,9-10H2,1-2H3,(H,37,38)/t27-/m1/s1. The van der Waals surface area contributed by atoms with Crippen molar-refractivity contribution >= 4 is 44.4 Å². The second kappa shape index (κ2) is 11.3. The summed E-state index contributed by atoms with van der Waals surface area (Å²) < 4.78 is 6.27. The number of aromatic nitrogens is 1. The minimum atomic E-state index is -0.917. The first-order chi connectivity index (χ1) is 18.9. The van der Waals surface area contributed by atoms with Crippen molar-refractivity contribution in [3.05, 3.63) is 100 Å². The molecule has 4 aromatic rings. The third kappa shape index (κ3) is 5.52. The summed E-state index contributed by atoms with van der Waals surface area (Å²) in [6, 6.07) is 23.4. The third-order valence-corrected chi connectivity index (χ3v) is 7.30. The van der Waals surface area contributed by atoms with E-state index in [2.05, 4.69) is 39.6 Å². The quantitative estimate of drug-likeness (QED) is 0.240. The Morgan fingerprint density at radius 1 is 1.03 bits per heavy atom. The fourth-order valence-corrected chi connectivity index (χ4v) is 5.34. The van der Waals surface area contributed by atoms with Crippen molar-refractivity contribution in [2.45, 2.75) is 32.2 Å². The van der Waals surface area contributed by atoms with Gasteiger partial charge in [0.15, 0.2) is 0 Å². The molecule has 0 bridgehead atoms. The number of aryl methyl sites for hydroxylation is 1. The number of nitrogens with one attached hydrogen (secondary N) is 1. The number of nitrogens with zero attached hydrogens (tertiary/aromatic N) is 2. The van der Waals surface area contributed by atoms with Gasteiger partial charge in [-0.1, -0.05) is 58.4 Å². The Hall–Kier alpha value is -4.17. The van der Waals surface area contributed by atoms with Crippen LogP contribution in [0.15, 0.2) is 83.3 Å². The topological polar surface area (TPSA) is 91.8 Å². The molecule has 39 heavy (non-hydrogen) atoms. The number of fused-ring (bicyclic) bond motifs is 1. The van der Waals surface area contributed by atoms with Crippen LogP contribution in [0.4, 0.5) is 0 Å². The van der Waals surface area contributed by atoms with E-state index in [-0.39, 0.29) is 25.2 Å². The van der Waals surface area contributed by atoms with E-state index in [1.54, 1.807) is 12.1 Å². The number of carboxylic acids is 1. The Morgan fingerprint density at radius 2 is 1.77 bits per heavy atom. The van der Waals surface area contributed by atoms with Crippen molar-refractivity contribution in [1.82, 2.24) is 15.4 Å². The zero-order chi connectivity index (χ0) is 27.5. The number of carboxylic acid groups (broad SMARTS) is 1. The lowest BCUT2D eigenvalue weighted by atomic mass is 9.92. The third-order valence-electron chi connectivity index (χ3n) is 6.81. The Morgan fingerprint density at radius 3 is 2.46 bits per heavy atom. The zero-order valence-electron chi connectivity index (χ0n) is 21.6. The van der Waals surface area contributed by atoms with Crippen LogP contribution < -0.4 is 10.2 Å². The van der Waals surface area contributed by atoms with Gasteiger partial charge in [0, 0.05) is 39.5 Å². The highest BCUT2D eigenvalue weighted by atomic mass is 79.9. The van der Waals surface area contributed by atoms with E-state index in [0.717, 1.165) is 54.8 Å². The van der Waals surface area contributed by atoms with Gasteiger partial charge in [0.1, 0.15) is 5.75 Å². The molecular weight excluding hydrogens is 558 g/mol. The molecule has 0 saturated heterocycles. The molecule has 3 aromatic carbocycles. The van der Waals surface area contributed by atoms with Crippen molar-refractivity contribution in [2.24, 2.45) is 0 Å². The largest absolute Gasteiger partial charge is 0.497 e. The minimum absolute atomic E-state index is 0.0617. The lowest BCUT2D eigenvalue weighted by Gasteiger charge is -2.26. The van der Waals surface area contributed by atoms with Gasteiger partial charge in [0.25, 0.3) is 0 Å². The molecule has 0 aliphatic carbocycles. The van der Waals surface area contributed by atoms with E-state index < -0.39 is 12.0 Å². The van der Waals surface area contributed by atoms with Crippen LogP contribution in [0.25, 0.3) is 27.7 Å². The number of hydrogen-bond acceptors (Lipinski definition) is 5. The number of carbonyl (C=O) groups excluding carboxylic acids is 1. The lowest BCUT2D eigenvalue weighted by Crippen LogP contribution is -2.39. The van der Waals surface area contributed by atoms with Gasteiger partial charge in [0.05, 0.1) is 24.4 Å². The van der Waals surface area contributed by atoms with Crippen LogP contribution >= 0.6 is 15.9 Å². The molecule has 0 radical (unpaired) electrons. The molecule has 5 rings (SSSR count). The van der Waals surface area contributed by atoms with Gasteiger partial charge in [-0.3, -0.25) is 20.0 Å². The van der Waals surface area contributed by atoms with Crippen LogP contribution in [0.2, 0.25) is 0 Å². The number of benzene rings is 3. The Labute approximate surface area is 235 Å². The number of amides is 1. The van der Waals surface area contributed by atoms with Crippen LogP contribution in [-0.4, -0.2) is 34.1 Å². The van der Waals surface area contributed by atoms with E-state index in [1.165, 1.54) is 0 Å². The second-order valence-electron chi connectivity index (χ2n) is 9.40. The van der Waals surface area contributed by atoms with E-state index in [4.69, 9.17) is 14.8 Å². The summed E-state index contributed by atoms with van der Waals surface area (Å²) in [6.45, 7) is 1.98. The molecule has 1 aliphatic heterocycles. The van der Waals surface area contributed by atoms with E-state index in [9.17, 15) is 9.59 Å². The molecule has 8 heteroatoms. The van der Waals surface area contributed by atoms with Gasteiger partial charge in [0.2, 0.25) is 5.91 Å². The molecule has 1 aromatic heterocycles. The Bertz CT molecular complexity index is 1570. The molecule has 1 amide bonds. The summed E-state index contributed by atoms with van der Waals surface area (Å²) in [6.07, 6.45) is 2.35. The SMILES string of the molecule is COc1ccc([C@H]2C=C(c3c(C)nc4ccc(Br)cc4c3-c3ccccc3)NN2C(=O)CCCC(=O)O)cc1. The molecular formula is C31H28BrN3O4. The lowest BCUT2D eigenvalue weighted by molar-refractivity contribution is -0.137. The number of rotatable bonds is 8. The first kappa shape index (κ1) is 26.4. The fraction of sp³-hybridized carbons (Fsp3) is 0.194. The van der Waals surface area contributed by atoms with Crippen LogP contribution in [0.5, 0.6) is 5.75 Å². The minimum Gasteiger partial charge on any atom is -0.497 e. The summed E-state index contributed by atoms with van der Waals surface area (Å²) >= 11 is 3.62. The zero-order valence-corrected chi connectivity index (χ0v) is 23.2. The highest BCUT2D eigenvalue weighted by Crippen LogP contribution is 2.41. The number of ether oxygens (including phenoxy) is 1. The van der Waals surface area contributed by atoms with Gasteiger partial charge in [-0.2, -0.15) is 0 Å². The van der Waals surface area contributed by atoms with E-state index >= 15 is 0 Å². The second-order valence-corrected chi connectivity index (χ2v) is 10.3. The summed E-state index contributed by atoms with van der Waals surface area (Å²) in [5.74, 6) is -0.377. The molecule has 0 fully saturated rings. The van der Waals surface area contributed by atoms with Crippen LogP contribution in [0, 0.1) is 6.92 Å². The summed E-state index contributed by atoms with van der Waals surface area (Å²) in [7, 11) is 1.61. The number of hydrogen-bond donors (Lipinski definition) is 2. The Balaban J connectivity index is 1.64. The summed E-state index contributed by atoms with van der Waals surface area (Å²) in [4.78, 5) is 29.4. The normalized spacial score (nSPS) is 14.7. The highest BCUT2D eigenvalue weighted by molar-refractivity contribution is 9.10. The van der Waals surface area contributed by atoms with Crippen molar-refractivity contribution in [2.75, 3.05) is 7.11 Å². The van der Waals surface area contributed by atoms with Crippen molar-refractivity contribution < 1.29 is 19.4 Å². The van der Waals surface area contributed by atoms with Crippen molar-refractivity contribution in [3.8, 4) is 16.9 Å². The van der Waals surface area contributed by atoms with E-state index in [1.807, 2.05) is 67.6 Å². The number of aliphatic carboxylic acids is 1. The maximum atomic E-state index is 13.4. The van der Waals surface area contributed by atoms with Gasteiger partial charge < -0.3 is 9.84 Å². The maximum Gasteiger partial charge on any atom is 0.303 e. The molecule has 0 unspecified atom stereocenters. The first-order valence-electron chi connectivity index (χ1n) is 12.7. The predicted octanol–water partition coefficient (Wildman–Crippen LogP) is 6.67. The molecule has 198 valence electrons. The number of carbonyl (C=O) groups is 2. The molecule has 1 aliphatic rings. The molecule has 0 saturated carbocycles. The molecule has 1 atom stereocenters. The molecule has 0 spiro atoms. The number of methoxy groups -OCH3 is 1. The Kier molecular flexibility index (Phi) is 7.65. The van der Waals surface area contributed by atoms with Gasteiger partial charge in [-0.25, -0.2) is 5.01 Å². The van der Waals surface area contributed by atoms with E-state index in [0.29, 0.717) is 0 Å². The van der Waals surface area contributed by atoms with Gasteiger partial charge in [-0.15, -0.1) is 0 Å². The molecule has 2 N–H and O–H groups in total. The monoisotopic (exact) mass is 585 g/mol. The van der Waals surface area contributed by atoms with Crippen LogP contribution in [-0.2, 0) is 9.59 Å². The predicted molar refractivity (Wildman–Crippen MR) is 155 cm³/mol. The number of hydrazine groups is 1. The molecule has 2 heterocycles. The average Bonchev–Trinajstić information content (AvgIpc) is 3.38. The summed E-state index contributed by atoms with van der Waals surface area (Å²) in [5.41, 5.74) is 9.72. The van der Waals surface area contributed by atoms with Crippen LogP contribution in [0.3, 0.4) is 0 Å². The van der Waals surface area contributed by atoms with Crippen molar-refractivity contribution in [1.29, 1.82) is 0 Å². The smallest absolute Gasteiger partial charge is 0.303 e. The highest BCUT2D eigenvalue weighted by Gasteiger charge is 2.32. The first-order valence-corrected chi connectivity index (χ1v) is 13.5. The number of pyridine rings is 1. The summed E-state index contributed by atoms with van der Waals surface area (Å²) in [5, 5.41) is 11.7.